The number of carbonyl (C=O) groups excluding carboxylic acids is 2. The fourth-order valence-corrected chi connectivity index (χ4v) is 5.33. The molecule has 1 atom stereocenters. The van der Waals surface area contributed by atoms with Crippen molar-refractivity contribution in [3.8, 4) is 6.07 Å². The van der Waals surface area contributed by atoms with E-state index >= 15 is 0 Å². The Balaban J connectivity index is 1.90. The molecule has 2 aliphatic rings. The monoisotopic (exact) mass is 320 g/mol. The van der Waals surface area contributed by atoms with Crippen LogP contribution in [0.15, 0.2) is 0 Å². The van der Waals surface area contributed by atoms with Gasteiger partial charge in [-0.1, -0.05) is 11.8 Å². The van der Waals surface area contributed by atoms with E-state index in [0.717, 1.165) is 36.2 Å². The number of thioether (sulfide) groups is 1. The van der Waals surface area contributed by atoms with Crippen LogP contribution in [0.5, 0.6) is 0 Å². The third kappa shape index (κ3) is 2.72. The van der Waals surface area contributed by atoms with Gasteiger partial charge in [-0.15, -0.1) is 11.3 Å². The molecular formula is C15H16N2O2S2. The molecule has 0 bridgehead atoms. The Bertz CT molecular complexity index is 645. The number of hydrogen-bond donors (Lipinski definition) is 0. The van der Waals surface area contributed by atoms with Gasteiger partial charge < -0.3 is 4.90 Å². The van der Waals surface area contributed by atoms with E-state index in [1.807, 2.05) is 0 Å². The van der Waals surface area contributed by atoms with Crippen LogP contribution in [0.25, 0.3) is 0 Å². The van der Waals surface area contributed by atoms with Gasteiger partial charge in [0.1, 0.15) is 11.1 Å². The van der Waals surface area contributed by atoms with E-state index in [2.05, 4.69) is 6.07 Å². The highest BCUT2D eigenvalue weighted by molar-refractivity contribution is 8.14. The van der Waals surface area contributed by atoms with Crippen molar-refractivity contribution in [1.29, 1.82) is 5.26 Å². The molecule has 1 aromatic rings. The molecule has 110 valence electrons. The molecule has 2 heterocycles. The lowest BCUT2D eigenvalue weighted by atomic mass is 9.96. The molecule has 21 heavy (non-hydrogen) atoms. The molecule has 3 rings (SSSR count). The Kier molecular flexibility index (Phi) is 4.05. The zero-order chi connectivity index (χ0) is 15.0. The first-order valence-corrected chi connectivity index (χ1v) is 8.82. The summed E-state index contributed by atoms with van der Waals surface area (Å²) < 4.78 is 0. The lowest BCUT2D eigenvalue weighted by Gasteiger charge is -2.14. The fourth-order valence-electron chi connectivity index (χ4n) is 3.04. The van der Waals surface area contributed by atoms with Crippen molar-refractivity contribution in [3.05, 3.63) is 16.0 Å². The number of hydrogen-bond acceptors (Lipinski definition) is 5. The van der Waals surface area contributed by atoms with Crippen LogP contribution in [0.1, 0.15) is 42.2 Å². The minimum atomic E-state index is 0.0145. The highest BCUT2D eigenvalue weighted by atomic mass is 32.2. The molecule has 1 aromatic heterocycles. The molecule has 1 aliphatic carbocycles. The first-order valence-electron chi connectivity index (χ1n) is 7.12. The van der Waals surface area contributed by atoms with Crippen LogP contribution in [0.3, 0.4) is 0 Å². The van der Waals surface area contributed by atoms with Crippen molar-refractivity contribution in [1.82, 2.24) is 0 Å². The van der Waals surface area contributed by atoms with Crippen LogP contribution in [0.4, 0.5) is 5.00 Å². The molecular weight excluding hydrogens is 304 g/mol. The fraction of sp³-hybridized carbons (Fsp3) is 0.533. The van der Waals surface area contributed by atoms with Gasteiger partial charge in [-0.3, -0.25) is 9.59 Å². The van der Waals surface area contributed by atoms with Gasteiger partial charge in [0.2, 0.25) is 5.91 Å². The lowest BCUT2D eigenvalue weighted by molar-refractivity contribution is -0.117. The average molecular weight is 320 g/mol. The molecule has 1 fully saturated rings. The second-order valence-electron chi connectivity index (χ2n) is 5.44. The van der Waals surface area contributed by atoms with E-state index in [0.29, 0.717) is 18.5 Å². The third-order valence-electron chi connectivity index (χ3n) is 3.93. The Labute approximate surface area is 132 Å². The first kappa shape index (κ1) is 14.6. The van der Waals surface area contributed by atoms with Gasteiger partial charge in [-0.05, 0) is 31.2 Å². The number of anilines is 1. The van der Waals surface area contributed by atoms with Crippen molar-refractivity contribution in [2.24, 2.45) is 0 Å². The lowest BCUT2D eigenvalue weighted by Crippen LogP contribution is -2.24. The molecule has 1 saturated heterocycles. The van der Waals surface area contributed by atoms with Crippen molar-refractivity contribution in [2.75, 3.05) is 11.4 Å². The minimum absolute atomic E-state index is 0.0145. The quantitative estimate of drug-likeness (QED) is 0.840. The molecule has 1 aliphatic heterocycles. The second kappa shape index (κ2) is 5.82. The van der Waals surface area contributed by atoms with E-state index in [4.69, 9.17) is 0 Å². The first-order chi connectivity index (χ1) is 10.1. The molecule has 0 saturated carbocycles. The van der Waals surface area contributed by atoms with E-state index in [1.54, 1.807) is 16.2 Å². The van der Waals surface area contributed by atoms with Crippen molar-refractivity contribution >= 4 is 39.1 Å². The number of aryl methyl sites for hydroxylation is 1. The second-order valence-corrected chi connectivity index (χ2v) is 8.00. The van der Waals surface area contributed by atoms with Crippen LogP contribution >= 0.6 is 23.1 Å². The largest absolute Gasteiger partial charge is 0.302 e. The molecule has 0 aromatic carbocycles. The van der Waals surface area contributed by atoms with Gasteiger partial charge in [0.25, 0.3) is 0 Å². The predicted octanol–water partition coefficient (Wildman–Crippen LogP) is 2.88. The van der Waals surface area contributed by atoms with E-state index in [-0.39, 0.29) is 16.3 Å². The van der Waals surface area contributed by atoms with Crippen molar-refractivity contribution in [3.63, 3.8) is 0 Å². The summed E-state index contributed by atoms with van der Waals surface area (Å²) in [4.78, 5) is 26.5. The Morgan fingerprint density at radius 2 is 2.19 bits per heavy atom. The summed E-state index contributed by atoms with van der Waals surface area (Å²) in [5.74, 6) is 0.0313. The molecule has 6 heteroatoms. The SMILES string of the molecule is CC(=O)SC1CC(=O)N(c2sc3c(c2C#N)CCCC3)C1. The van der Waals surface area contributed by atoms with Gasteiger partial charge in [0.05, 0.1) is 5.56 Å². The smallest absolute Gasteiger partial charge is 0.228 e. The van der Waals surface area contributed by atoms with Crippen molar-refractivity contribution in [2.45, 2.75) is 44.3 Å². The number of thiophene rings is 1. The maximum atomic E-state index is 12.2. The van der Waals surface area contributed by atoms with Gasteiger partial charge >= 0.3 is 0 Å². The Hall–Kier alpha value is -1.32. The Morgan fingerprint density at radius 1 is 1.43 bits per heavy atom. The van der Waals surface area contributed by atoms with Crippen LogP contribution in [0.2, 0.25) is 0 Å². The zero-order valence-electron chi connectivity index (χ0n) is 11.8. The van der Waals surface area contributed by atoms with Gasteiger partial charge in [-0.25, -0.2) is 0 Å². The molecule has 0 radical (unpaired) electrons. The van der Waals surface area contributed by atoms with Crippen LogP contribution < -0.4 is 4.90 Å². The standard InChI is InChI=1S/C15H16N2O2S2/c1-9(18)20-10-6-14(19)17(8-10)15-12(7-16)11-4-2-3-5-13(11)21-15/h10H,2-6,8H2,1H3. The summed E-state index contributed by atoms with van der Waals surface area (Å²) in [7, 11) is 0. The average Bonchev–Trinajstić information content (AvgIpc) is 2.97. The molecule has 1 amide bonds. The van der Waals surface area contributed by atoms with Crippen LogP contribution in [-0.2, 0) is 22.4 Å². The third-order valence-corrected chi connectivity index (χ3v) is 6.23. The highest BCUT2D eigenvalue weighted by Crippen LogP contribution is 2.42. The molecule has 4 nitrogen and oxygen atoms in total. The van der Waals surface area contributed by atoms with E-state index < -0.39 is 0 Å². The maximum Gasteiger partial charge on any atom is 0.228 e. The maximum absolute atomic E-state index is 12.2. The zero-order valence-corrected chi connectivity index (χ0v) is 13.5. The highest BCUT2D eigenvalue weighted by Gasteiger charge is 2.35. The van der Waals surface area contributed by atoms with Gasteiger partial charge in [-0.2, -0.15) is 5.26 Å². The topological polar surface area (TPSA) is 61.2 Å². The summed E-state index contributed by atoms with van der Waals surface area (Å²) in [5, 5.41) is 10.3. The number of carbonyl (C=O) groups is 2. The Morgan fingerprint density at radius 3 is 2.90 bits per heavy atom. The number of fused-ring (bicyclic) bond motifs is 1. The number of nitriles is 1. The van der Waals surface area contributed by atoms with Gasteiger partial charge in [0.15, 0.2) is 5.12 Å². The summed E-state index contributed by atoms with van der Waals surface area (Å²) in [6.07, 6.45) is 4.63. The molecule has 0 spiro atoms. The molecule has 0 N–H and O–H groups in total. The van der Waals surface area contributed by atoms with Gasteiger partial charge in [0, 0.05) is 30.0 Å². The number of amides is 1. The van der Waals surface area contributed by atoms with E-state index in [9.17, 15) is 14.9 Å². The van der Waals surface area contributed by atoms with Crippen LogP contribution in [0, 0.1) is 11.3 Å². The predicted molar refractivity (Wildman–Crippen MR) is 84.7 cm³/mol. The minimum Gasteiger partial charge on any atom is -0.302 e. The molecule has 1 unspecified atom stereocenters. The van der Waals surface area contributed by atoms with Crippen LogP contribution in [-0.4, -0.2) is 22.8 Å². The summed E-state index contributed by atoms with van der Waals surface area (Å²) >= 11 is 2.83. The summed E-state index contributed by atoms with van der Waals surface area (Å²) in [6, 6.07) is 2.30. The normalized spacial score (nSPS) is 21.2. The number of rotatable bonds is 2. The number of nitrogens with zero attached hydrogens (tertiary/aromatic N) is 2. The summed E-state index contributed by atoms with van der Waals surface area (Å²) in [6.45, 7) is 2.07. The van der Waals surface area contributed by atoms with Crippen molar-refractivity contribution < 1.29 is 9.59 Å². The van der Waals surface area contributed by atoms with E-state index in [1.165, 1.54) is 23.6 Å². The summed E-state index contributed by atoms with van der Waals surface area (Å²) in [5.41, 5.74) is 1.84.